The van der Waals surface area contributed by atoms with Gasteiger partial charge in [0.25, 0.3) is 0 Å². The fourth-order valence-electron chi connectivity index (χ4n) is 6.13. The van der Waals surface area contributed by atoms with E-state index in [1.165, 1.54) is 18.2 Å². The van der Waals surface area contributed by atoms with Gasteiger partial charge in [0, 0.05) is 36.7 Å². The molecule has 3 nitrogen and oxygen atoms in total. The molecule has 3 aliphatic carbocycles. The van der Waals surface area contributed by atoms with Crippen molar-refractivity contribution in [2.24, 2.45) is 20.9 Å². The van der Waals surface area contributed by atoms with Gasteiger partial charge >= 0.3 is 6.18 Å². The van der Waals surface area contributed by atoms with Crippen LogP contribution in [-0.4, -0.2) is 37.0 Å². The molecule has 1 aromatic rings. The molecule has 1 aromatic carbocycles. The van der Waals surface area contributed by atoms with Gasteiger partial charge < -0.3 is 0 Å². The van der Waals surface area contributed by atoms with Crippen LogP contribution in [0.15, 0.2) is 129 Å². The first-order chi connectivity index (χ1) is 22.4. The number of allylic oxidation sites excluding steroid dienone is 17. The first-order valence-corrected chi connectivity index (χ1v) is 15.7. The normalized spacial score (nSPS) is 26.9. The summed E-state index contributed by atoms with van der Waals surface area (Å²) in [5.41, 5.74) is 0.0376. The smallest absolute Gasteiger partial charge is 0.300 e. The fraction of sp³-hybridized carbons (Fsp3) is 0.308. The Morgan fingerprint density at radius 2 is 1.96 bits per heavy atom. The topological polar surface area (TPSA) is 37.1 Å². The Kier molecular flexibility index (Phi) is 9.89. The lowest BCUT2D eigenvalue weighted by atomic mass is 9.88. The monoisotopic (exact) mass is 643 g/mol. The van der Waals surface area contributed by atoms with Crippen LogP contribution < -0.4 is 0 Å². The van der Waals surface area contributed by atoms with Crippen molar-refractivity contribution in [3.8, 4) is 0 Å². The number of alkyl halides is 5. The summed E-state index contributed by atoms with van der Waals surface area (Å²) in [5, 5.41) is 0. The number of aliphatic imine (C=N–C) groups is 3. The van der Waals surface area contributed by atoms with Crippen LogP contribution in [0.4, 0.5) is 22.0 Å². The summed E-state index contributed by atoms with van der Waals surface area (Å²) in [6.45, 7) is 7.23. The number of fused-ring (bicyclic) bond motifs is 1. The maximum atomic E-state index is 15.4. The number of hydrogen-bond donors (Lipinski definition) is 0. The van der Waals surface area contributed by atoms with E-state index in [0.29, 0.717) is 53.9 Å². The van der Waals surface area contributed by atoms with Gasteiger partial charge in [-0.3, -0.25) is 15.0 Å². The molecule has 3 atom stereocenters. The first-order valence-electron chi connectivity index (χ1n) is 15.7. The molecular formula is C39H38F5N3. The van der Waals surface area contributed by atoms with Crippen molar-refractivity contribution in [3.63, 3.8) is 0 Å². The molecule has 8 heteroatoms. The summed E-state index contributed by atoms with van der Waals surface area (Å²) in [4.78, 5) is 13.0. The molecule has 0 spiro atoms. The SMILES string of the molecule is C=N/C(=C\C=C(/C)c1ccc(C2=CCC=CC=C2)cc1C(F)(F)F)CCC/C=C1/N=C(C2=CC=CC3(F)CC23F)C=C(C)C1C=NC. The van der Waals surface area contributed by atoms with Gasteiger partial charge in [-0.25, -0.2) is 8.78 Å². The number of hydrogen-bond acceptors (Lipinski definition) is 3. The molecular weight excluding hydrogens is 605 g/mol. The molecule has 47 heavy (non-hydrogen) atoms. The number of nitrogens with zero attached hydrogens (tertiary/aromatic N) is 3. The molecule has 1 saturated carbocycles. The van der Waals surface area contributed by atoms with E-state index in [9.17, 15) is 17.6 Å². The quantitative estimate of drug-likeness (QED) is 0.105. The minimum atomic E-state index is -4.53. The largest absolute Gasteiger partial charge is 0.417 e. The van der Waals surface area contributed by atoms with Gasteiger partial charge in [-0.05, 0) is 92.8 Å². The van der Waals surface area contributed by atoms with Gasteiger partial charge in [-0.15, -0.1) is 0 Å². The zero-order chi connectivity index (χ0) is 33.8. The molecule has 244 valence electrons. The number of unbranched alkanes of at least 4 members (excludes halogenated alkanes) is 1. The predicted octanol–water partition coefficient (Wildman–Crippen LogP) is 10.7. The van der Waals surface area contributed by atoms with Gasteiger partial charge in [0.1, 0.15) is 0 Å². The zero-order valence-corrected chi connectivity index (χ0v) is 26.8. The lowest BCUT2D eigenvalue weighted by Gasteiger charge is -2.24. The van der Waals surface area contributed by atoms with Crippen molar-refractivity contribution in [2.75, 3.05) is 7.05 Å². The second kappa shape index (κ2) is 13.7. The van der Waals surface area contributed by atoms with Crippen molar-refractivity contribution < 1.29 is 22.0 Å². The molecule has 1 aliphatic heterocycles. The van der Waals surface area contributed by atoms with E-state index in [0.717, 1.165) is 11.1 Å². The Hall–Kier alpha value is -4.46. The highest BCUT2D eigenvalue weighted by Gasteiger charge is 2.72. The molecule has 0 bridgehead atoms. The minimum Gasteiger partial charge on any atom is -0.300 e. The maximum Gasteiger partial charge on any atom is 0.417 e. The summed E-state index contributed by atoms with van der Waals surface area (Å²) in [5.74, 6) is -0.188. The van der Waals surface area contributed by atoms with Crippen molar-refractivity contribution in [3.05, 3.63) is 130 Å². The number of rotatable bonds is 10. The van der Waals surface area contributed by atoms with Crippen molar-refractivity contribution in [2.45, 2.75) is 63.5 Å². The number of halogens is 5. The Morgan fingerprint density at radius 3 is 2.70 bits per heavy atom. The third-order valence-electron chi connectivity index (χ3n) is 8.88. The first kappa shape index (κ1) is 33.9. The van der Waals surface area contributed by atoms with E-state index in [-0.39, 0.29) is 23.5 Å². The molecule has 0 amide bonds. The molecule has 5 rings (SSSR count). The van der Waals surface area contributed by atoms with Crippen molar-refractivity contribution in [1.82, 2.24) is 0 Å². The van der Waals surface area contributed by atoms with E-state index < -0.39 is 23.1 Å². The predicted molar refractivity (Wildman–Crippen MR) is 184 cm³/mol. The summed E-state index contributed by atoms with van der Waals surface area (Å²) in [7, 11) is 1.68. The Balaban J connectivity index is 1.31. The summed E-state index contributed by atoms with van der Waals surface area (Å²) in [6, 6.07) is 4.44. The van der Waals surface area contributed by atoms with Crippen LogP contribution in [0.5, 0.6) is 0 Å². The van der Waals surface area contributed by atoms with Crippen LogP contribution in [0.2, 0.25) is 0 Å². The van der Waals surface area contributed by atoms with E-state index >= 15 is 4.39 Å². The second-order valence-corrected chi connectivity index (χ2v) is 12.2. The molecule has 0 N–H and O–H groups in total. The second-order valence-electron chi connectivity index (χ2n) is 12.2. The summed E-state index contributed by atoms with van der Waals surface area (Å²) >= 11 is 0. The van der Waals surface area contributed by atoms with Gasteiger partial charge in [-0.1, -0.05) is 72.4 Å². The van der Waals surface area contributed by atoms with Gasteiger partial charge in [0.15, 0.2) is 11.3 Å². The van der Waals surface area contributed by atoms with Crippen LogP contribution in [0, 0.1) is 5.92 Å². The molecule has 3 unspecified atom stereocenters. The number of benzene rings is 1. The molecule has 1 heterocycles. The highest BCUT2D eigenvalue weighted by atomic mass is 19.4. The average molecular weight is 644 g/mol. The Morgan fingerprint density at radius 1 is 1.15 bits per heavy atom. The maximum absolute atomic E-state index is 15.4. The van der Waals surface area contributed by atoms with Crippen molar-refractivity contribution >= 4 is 29.8 Å². The lowest BCUT2D eigenvalue weighted by Crippen LogP contribution is -2.27. The molecule has 0 saturated heterocycles. The zero-order valence-electron chi connectivity index (χ0n) is 26.8. The van der Waals surface area contributed by atoms with E-state index in [1.807, 2.05) is 43.4 Å². The molecule has 0 radical (unpaired) electrons. The van der Waals surface area contributed by atoms with Gasteiger partial charge in [0.2, 0.25) is 0 Å². The van der Waals surface area contributed by atoms with E-state index in [2.05, 4.69) is 16.7 Å². The minimum absolute atomic E-state index is 0.106. The Bertz CT molecular complexity index is 1770. The van der Waals surface area contributed by atoms with Crippen LogP contribution in [0.1, 0.15) is 62.6 Å². The van der Waals surface area contributed by atoms with E-state index in [1.54, 1.807) is 56.6 Å². The Labute approximate surface area is 273 Å². The van der Waals surface area contributed by atoms with Crippen LogP contribution in [-0.2, 0) is 6.18 Å². The van der Waals surface area contributed by atoms with Gasteiger partial charge in [-0.2, -0.15) is 13.2 Å². The molecule has 0 aromatic heterocycles. The fourth-order valence-corrected chi connectivity index (χ4v) is 6.13. The van der Waals surface area contributed by atoms with Crippen molar-refractivity contribution in [1.29, 1.82) is 0 Å². The standard InChI is InChI=1S/C39H38F5N3/c1-26(31-20-18-29(23-34(31)39(42,43)44)28-12-7-5-6-8-13-28)17-19-30(46-4)14-9-10-16-35-32(24-45-3)27(2)22-36(47-35)33-15-11-21-37(40)25-38(33,37)41/h5-7,11-13,15-24,32H,4,8-10,14,25H2,1-3H3/b26-17+,30-19-,35-16+,45-24?. The van der Waals surface area contributed by atoms with Crippen LogP contribution >= 0.6 is 0 Å². The summed E-state index contributed by atoms with van der Waals surface area (Å²) in [6.07, 6.45) is 20.4. The number of dihydropyridines is 1. The van der Waals surface area contributed by atoms with Crippen LogP contribution in [0.25, 0.3) is 11.1 Å². The highest BCUT2D eigenvalue weighted by molar-refractivity contribution is 6.13. The highest BCUT2D eigenvalue weighted by Crippen LogP contribution is 2.62. The van der Waals surface area contributed by atoms with Crippen LogP contribution in [0.3, 0.4) is 0 Å². The van der Waals surface area contributed by atoms with Gasteiger partial charge in [0.05, 0.1) is 17.2 Å². The third kappa shape index (κ3) is 7.27. The van der Waals surface area contributed by atoms with E-state index in [4.69, 9.17) is 4.99 Å². The lowest BCUT2D eigenvalue weighted by molar-refractivity contribution is -0.137. The average Bonchev–Trinajstić information content (AvgIpc) is 3.72. The summed E-state index contributed by atoms with van der Waals surface area (Å²) < 4.78 is 72.6. The molecule has 4 aliphatic rings. The third-order valence-corrected chi connectivity index (χ3v) is 8.88. The molecule has 1 fully saturated rings.